The highest BCUT2D eigenvalue weighted by molar-refractivity contribution is 6.03. The third kappa shape index (κ3) is 5.66. The molecule has 0 aliphatic heterocycles. The molecule has 4 rings (SSSR count). The first-order valence-corrected chi connectivity index (χ1v) is 10.7. The van der Waals surface area contributed by atoms with Gasteiger partial charge in [-0.05, 0) is 48.7 Å². The van der Waals surface area contributed by atoms with Gasteiger partial charge in [0, 0.05) is 23.9 Å². The number of rotatable bonds is 8. The van der Waals surface area contributed by atoms with E-state index in [1.54, 1.807) is 54.1 Å². The van der Waals surface area contributed by atoms with Crippen LogP contribution in [0.3, 0.4) is 0 Å². The molecule has 0 bridgehead atoms. The highest BCUT2D eigenvalue weighted by Crippen LogP contribution is 2.28. The highest BCUT2D eigenvalue weighted by Gasteiger charge is 2.16. The van der Waals surface area contributed by atoms with Crippen molar-refractivity contribution in [3.05, 3.63) is 117 Å². The Morgan fingerprint density at radius 1 is 1.00 bits per heavy atom. The molecule has 0 radical (unpaired) electrons. The van der Waals surface area contributed by atoms with Crippen LogP contribution in [-0.4, -0.2) is 20.6 Å². The number of carbonyl (C=O) groups is 1. The molecule has 8 nitrogen and oxygen atoms in total. The molecule has 34 heavy (non-hydrogen) atoms. The summed E-state index contributed by atoms with van der Waals surface area (Å²) in [5, 5.41) is 18.5. The van der Waals surface area contributed by atoms with Gasteiger partial charge in [0.1, 0.15) is 6.61 Å². The van der Waals surface area contributed by atoms with Crippen LogP contribution in [0.25, 0.3) is 0 Å². The van der Waals surface area contributed by atoms with Crippen molar-refractivity contribution in [1.82, 2.24) is 9.78 Å². The van der Waals surface area contributed by atoms with E-state index in [1.807, 2.05) is 31.3 Å². The summed E-state index contributed by atoms with van der Waals surface area (Å²) in [6, 6.07) is 21.7. The van der Waals surface area contributed by atoms with Gasteiger partial charge in [-0.2, -0.15) is 5.10 Å². The smallest absolute Gasteiger partial charge is 0.311 e. The summed E-state index contributed by atoms with van der Waals surface area (Å²) in [5.41, 5.74) is 4.15. The Kier molecular flexibility index (Phi) is 6.68. The van der Waals surface area contributed by atoms with E-state index >= 15 is 0 Å². The second-order valence-electron chi connectivity index (χ2n) is 8.06. The van der Waals surface area contributed by atoms with Crippen LogP contribution in [-0.2, 0) is 13.2 Å². The zero-order valence-corrected chi connectivity index (χ0v) is 18.9. The van der Waals surface area contributed by atoms with Gasteiger partial charge in [-0.3, -0.25) is 19.6 Å². The van der Waals surface area contributed by atoms with Crippen LogP contribution in [0.1, 0.15) is 32.6 Å². The number of nitro groups is 1. The second kappa shape index (κ2) is 9.99. The Morgan fingerprint density at radius 2 is 1.76 bits per heavy atom. The van der Waals surface area contributed by atoms with Gasteiger partial charge >= 0.3 is 5.69 Å². The number of hydrogen-bond acceptors (Lipinski definition) is 5. The van der Waals surface area contributed by atoms with Gasteiger partial charge in [-0.15, -0.1) is 0 Å². The summed E-state index contributed by atoms with van der Waals surface area (Å²) >= 11 is 0. The lowest BCUT2D eigenvalue weighted by Crippen LogP contribution is -2.13. The molecular formula is C26H24N4O4. The summed E-state index contributed by atoms with van der Waals surface area (Å²) in [4.78, 5) is 23.6. The highest BCUT2D eigenvalue weighted by atomic mass is 16.6. The normalized spacial score (nSPS) is 10.6. The lowest BCUT2D eigenvalue weighted by molar-refractivity contribution is -0.386. The molecule has 1 heterocycles. The number of aromatic nitrogens is 2. The number of nitrogens with one attached hydrogen (secondary N) is 1. The molecular weight excluding hydrogens is 432 g/mol. The molecule has 3 aromatic carbocycles. The zero-order valence-electron chi connectivity index (χ0n) is 18.9. The number of aryl methyl sites for hydroxylation is 2. The van der Waals surface area contributed by atoms with Crippen molar-refractivity contribution in [3.63, 3.8) is 0 Å². The molecule has 0 fully saturated rings. The van der Waals surface area contributed by atoms with Crippen molar-refractivity contribution in [2.75, 3.05) is 5.32 Å². The summed E-state index contributed by atoms with van der Waals surface area (Å²) in [6.45, 7) is 4.52. The first-order valence-electron chi connectivity index (χ1n) is 10.7. The Labute approximate surface area is 197 Å². The largest absolute Gasteiger partial charge is 0.482 e. The Balaban J connectivity index is 1.40. The molecule has 8 heteroatoms. The number of nitrogens with zero attached hydrogens (tertiary/aromatic N) is 3. The molecule has 0 unspecified atom stereocenters. The average Bonchev–Trinajstić information content (AvgIpc) is 3.24. The van der Waals surface area contributed by atoms with Gasteiger partial charge in [0.25, 0.3) is 5.91 Å². The quantitative estimate of drug-likeness (QED) is 0.287. The SMILES string of the molecule is Cc1cccc(Cn2ccc(NC(=O)c3cccc(COc4ccc(C)cc4[N+](=O)[O-])c3)n2)c1. The Hall–Kier alpha value is -4.46. The van der Waals surface area contributed by atoms with Crippen LogP contribution < -0.4 is 10.1 Å². The summed E-state index contributed by atoms with van der Waals surface area (Å²) in [5.74, 6) is 0.336. The van der Waals surface area contributed by atoms with Crippen LogP contribution in [0.4, 0.5) is 11.5 Å². The van der Waals surface area contributed by atoms with E-state index in [2.05, 4.69) is 16.5 Å². The number of carbonyl (C=O) groups excluding carboxylic acids is 1. The maximum atomic E-state index is 12.7. The van der Waals surface area contributed by atoms with Gasteiger partial charge in [0.2, 0.25) is 0 Å². The van der Waals surface area contributed by atoms with Crippen molar-refractivity contribution in [2.24, 2.45) is 0 Å². The molecule has 0 aliphatic rings. The molecule has 1 N–H and O–H groups in total. The van der Waals surface area contributed by atoms with Crippen molar-refractivity contribution < 1.29 is 14.5 Å². The summed E-state index contributed by atoms with van der Waals surface area (Å²) < 4.78 is 7.44. The second-order valence-corrected chi connectivity index (χ2v) is 8.06. The van der Waals surface area contributed by atoms with E-state index in [0.717, 1.165) is 11.1 Å². The third-order valence-electron chi connectivity index (χ3n) is 5.20. The molecule has 4 aromatic rings. The van der Waals surface area contributed by atoms with Crippen molar-refractivity contribution in [1.29, 1.82) is 0 Å². The fourth-order valence-electron chi connectivity index (χ4n) is 3.56. The minimum atomic E-state index is -0.468. The average molecular weight is 457 g/mol. The monoisotopic (exact) mass is 456 g/mol. The first-order chi connectivity index (χ1) is 16.4. The molecule has 0 aliphatic carbocycles. The molecule has 1 aromatic heterocycles. The fraction of sp³-hybridized carbons (Fsp3) is 0.154. The Bertz CT molecular complexity index is 1350. The lowest BCUT2D eigenvalue weighted by atomic mass is 10.1. The van der Waals surface area contributed by atoms with Gasteiger partial charge < -0.3 is 10.1 Å². The van der Waals surface area contributed by atoms with Crippen molar-refractivity contribution in [3.8, 4) is 5.75 Å². The summed E-state index contributed by atoms with van der Waals surface area (Å²) in [7, 11) is 0. The minimum Gasteiger partial charge on any atom is -0.482 e. The number of nitro benzene ring substituents is 1. The van der Waals surface area contributed by atoms with Crippen molar-refractivity contribution in [2.45, 2.75) is 27.0 Å². The van der Waals surface area contributed by atoms with Gasteiger partial charge in [-0.1, -0.05) is 48.0 Å². The van der Waals surface area contributed by atoms with Gasteiger partial charge in [0.05, 0.1) is 11.5 Å². The molecule has 172 valence electrons. The van der Waals surface area contributed by atoms with E-state index in [-0.39, 0.29) is 24.0 Å². The summed E-state index contributed by atoms with van der Waals surface area (Å²) in [6.07, 6.45) is 1.82. The van der Waals surface area contributed by atoms with Crippen LogP contribution in [0.2, 0.25) is 0 Å². The minimum absolute atomic E-state index is 0.0878. The van der Waals surface area contributed by atoms with Crippen LogP contribution >= 0.6 is 0 Å². The Morgan fingerprint density at radius 3 is 2.56 bits per heavy atom. The van der Waals surface area contributed by atoms with Crippen molar-refractivity contribution >= 4 is 17.4 Å². The molecule has 0 atom stereocenters. The van der Waals surface area contributed by atoms with E-state index < -0.39 is 4.92 Å². The van der Waals surface area contributed by atoms with Gasteiger partial charge in [0.15, 0.2) is 11.6 Å². The van der Waals surface area contributed by atoms with E-state index in [1.165, 1.54) is 11.6 Å². The lowest BCUT2D eigenvalue weighted by Gasteiger charge is -2.09. The van der Waals surface area contributed by atoms with E-state index in [4.69, 9.17) is 4.74 Å². The predicted octanol–water partition coefficient (Wildman–Crippen LogP) is 5.29. The predicted molar refractivity (Wildman–Crippen MR) is 129 cm³/mol. The standard InChI is InChI=1S/C26H24N4O4/c1-18-5-3-6-20(13-18)16-29-12-11-25(28-29)27-26(31)22-8-4-7-21(15-22)17-34-24-10-9-19(2)14-23(24)30(32)33/h3-15H,16-17H2,1-2H3,(H,27,28,31). The topological polar surface area (TPSA) is 99.3 Å². The number of hydrogen-bond donors (Lipinski definition) is 1. The molecule has 1 amide bonds. The van der Waals surface area contributed by atoms with E-state index in [0.29, 0.717) is 23.5 Å². The number of anilines is 1. The maximum absolute atomic E-state index is 12.7. The number of ether oxygens (including phenoxy) is 1. The molecule has 0 saturated carbocycles. The number of benzene rings is 3. The van der Waals surface area contributed by atoms with Crippen LogP contribution in [0.5, 0.6) is 5.75 Å². The maximum Gasteiger partial charge on any atom is 0.311 e. The molecule has 0 saturated heterocycles. The zero-order chi connectivity index (χ0) is 24.1. The fourth-order valence-corrected chi connectivity index (χ4v) is 3.56. The first kappa shape index (κ1) is 22.7. The van der Waals surface area contributed by atoms with E-state index in [9.17, 15) is 14.9 Å². The number of amides is 1. The van der Waals surface area contributed by atoms with Crippen LogP contribution in [0, 0.1) is 24.0 Å². The van der Waals surface area contributed by atoms with Gasteiger partial charge in [-0.25, -0.2) is 0 Å². The molecule has 0 spiro atoms. The third-order valence-corrected chi connectivity index (χ3v) is 5.20. The van der Waals surface area contributed by atoms with Crippen LogP contribution in [0.15, 0.2) is 79.0 Å².